The minimum Gasteiger partial charge on any atom is -0.303 e. The molecule has 1 aliphatic heterocycles. The first kappa shape index (κ1) is 18.1. The van der Waals surface area contributed by atoms with Crippen LogP contribution in [0.15, 0.2) is 84.6 Å². The molecule has 1 N–H and O–H groups in total. The van der Waals surface area contributed by atoms with Crippen LogP contribution in [0.2, 0.25) is 0 Å². The maximum atomic E-state index is 13.0. The summed E-state index contributed by atoms with van der Waals surface area (Å²) in [4.78, 5) is 26.8. The molecule has 0 radical (unpaired) electrons. The molecule has 0 aromatic heterocycles. The first-order valence-electron chi connectivity index (χ1n) is 9.91. The molecule has 0 bridgehead atoms. The smallest absolute Gasteiger partial charge is 0.303 e. The Bertz CT molecular complexity index is 1280. The normalized spacial score (nSPS) is 15.4. The molecule has 1 saturated heterocycles. The van der Waals surface area contributed by atoms with Crippen molar-refractivity contribution >= 4 is 39.6 Å². The van der Waals surface area contributed by atoms with Crippen molar-refractivity contribution in [3.05, 3.63) is 101 Å². The second kappa shape index (κ2) is 7.16. The summed E-state index contributed by atoms with van der Waals surface area (Å²) in [5.74, 6) is -0.308. The monoisotopic (exact) mass is 392 g/mol. The van der Waals surface area contributed by atoms with Crippen molar-refractivity contribution in [1.82, 2.24) is 10.2 Å². The van der Waals surface area contributed by atoms with Crippen LogP contribution in [0, 0.1) is 6.92 Å². The number of nitrogens with zero attached hydrogens (tertiary/aromatic N) is 1. The van der Waals surface area contributed by atoms with Crippen LogP contribution < -0.4 is 5.32 Å². The Balaban J connectivity index is 1.58. The van der Waals surface area contributed by atoms with E-state index in [1.54, 1.807) is 6.08 Å². The summed E-state index contributed by atoms with van der Waals surface area (Å²) < 4.78 is 0. The Morgan fingerprint density at radius 1 is 0.833 bits per heavy atom. The van der Waals surface area contributed by atoms with Crippen molar-refractivity contribution in [2.75, 3.05) is 0 Å². The quantitative estimate of drug-likeness (QED) is 0.289. The average Bonchev–Trinajstić information content (AvgIpc) is 3.02. The molecule has 0 unspecified atom stereocenters. The topological polar surface area (TPSA) is 49.4 Å². The number of fused-ring (bicyclic) bond motifs is 2. The molecular weight excluding hydrogens is 372 g/mol. The maximum absolute atomic E-state index is 13.0. The van der Waals surface area contributed by atoms with E-state index in [0.717, 1.165) is 38.2 Å². The number of carbonyl (C=O) groups excluding carboxylic acids is 2. The summed E-state index contributed by atoms with van der Waals surface area (Å²) in [6.07, 6.45) is 1.81. The van der Waals surface area contributed by atoms with Gasteiger partial charge >= 0.3 is 6.03 Å². The molecule has 4 nitrogen and oxygen atoms in total. The average molecular weight is 392 g/mol. The van der Waals surface area contributed by atoms with E-state index in [4.69, 9.17) is 0 Å². The van der Waals surface area contributed by atoms with Crippen molar-refractivity contribution in [2.45, 2.75) is 13.5 Å². The summed E-state index contributed by atoms with van der Waals surface area (Å²) in [6.45, 7) is 2.26. The highest BCUT2D eigenvalue weighted by molar-refractivity contribution is 6.16. The number of benzene rings is 4. The van der Waals surface area contributed by atoms with Crippen LogP contribution in [0.25, 0.3) is 27.6 Å². The van der Waals surface area contributed by atoms with E-state index in [1.165, 1.54) is 4.90 Å². The minimum atomic E-state index is -0.392. The number of nitrogens with one attached hydrogen (secondary N) is 1. The Morgan fingerprint density at radius 3 is 2.07 bits per heavy atom. The molecule has 3 amide bonds. The van der Waals surface area contributed by atoms with Gasteiger partial charge in [-0.2, -0.15) is 0 Å². The van der Waals surface area contributed by atoms with Gasteiger partial charge in [-0.05, 0) is 51.7 Å². The van der Waals surface area contributed by atoms with E-state index in [1.807, 2.05) is 67.6 Å². The highest BCUT2D eigenvalue weighted by Crippen LogP contribution is 2.31. The summed E-state index contributed by atoms with van der Waals surface area (Å²) >= 11 is 0. The zero-order chi connectivity index (χ0) is 20.7. The lowest BCUT2D eigenvalue weighted by molar-refractivity contribution is -0.123. The molecular formula is C26H20N2O2. The first-order chi connectivity index (χ1) is 14.6. The molecule has 0 atom stereocenters. The Morgan fingerprint density at radius 2 is 1.43 bits per heavy atom. The Labute approximate surface area is 174 Å². The second-order valence-electron chi connectivity index (χ2n) is 7.60. The third kappa shape index (κ3) is 3.12. The van der Waals surface area contributed by atoms with Crippen LogP contribution in [-0.4, -0.2) is 16.8 Å². The van der Waals surface area contributed by atoms with Crippen molar-refractivity contribution in [3.8, 4) is 0 Å². The van der Waals surface area contributed by atoms with Crippen LogP contribution in [-0.2, 0) is 11.3 Å². The molecule has 0 saturated carbocycles. The van der Waals surface area contributed by atoms with Gasteiger partial charge in [0.2, 0.25) is 0 Å². The lowest BCUT2D eigenvalue weighted by atomic mass is 9.96. The van der Waals surface area contributed by atoms with Crippen molar-refractivity contribution in [3.63, 3.8) is 0 Å². The van der Waals surface area contributed by atoms with Crippen molar-refractivity contribution in [2.24, 2.45) is 0 Å². The van der Waals surface area contributed by atoms with Crippen molar-refractivity contribution in [1.29, 1.82) is 0 Å². The van der Waals surface area contributed by atoms with Gasteiger partial charge in [0.1, 0.15) is 5.70 Å². The highest BCUT2D eigenvalue weighted by atomic mass is 16.2. The van der Waals surface area contributed by atoms with E-state index in [9.17, 15) is 9.59 Å². The maximum Gasteiger partial charge on any atom is 0.329 e. The van der Waals surface area contributed by atoms with Gasteiger partial charge in [-0.3, -0.25) is 9.69 Å². The highest BCUT2D eigenvalue weighted by Gasteiger charge is 2.33. The predicted molar refractivity (Wildman–Crippen MR) is 120 cm³/mol. The van der Waals surface area contributed by atoms with Gasteiger partial charge < -0.3 is 5.32 Å². The fourth-order valence-electron chi connectivity index (χ4n) is 3.94. The first-order valence-corrected chi connectivity index (χ1v) is 9.91. The molecule has 4 heteroatoms. The molecule has 4 aromatic carbocycles. The Kier molecular flexibility index (Phi) is 4.32. The van der Waals surface area contributed by atoms with Gasteiger partial charge in [0, 0.05) is 0 Å². The van der Waals surface area contributed by atoms with Gasteiger partial charge in [-0.25, -0.2) is 4.79 Å². The van der Waals surface area contributed by atoms with Gasteiger partial charge in [-0.15, -0.1) is 0 Å². The zero-order valence-electron chi connectivity index (χ0n) is 16.6. The number of carbonyl (C=O) groups is 2. The third-order valence-electron chi connectivity index (χ3n) is 5.53. The molecule has 0 aliphatic carbocycles. The number of rotatable bonds is 3. The molecule has 5 rings (SSSR count). The van der Waals surface area contributed by atoms with E-state index in [0.29, 0.717) is 5.70 Å². The number of hydrogen-bond acceptors (Lipinski definition) is 2. The standard InChI is InChI=1S/C26H20N2O2/c1-17-10-12-18(13-11-17)16-28-25(29)24(27-26(28)30)15-23-21-8-4-2-6-19(21)14-20-7-3-5-9-22(20)23/h2-15H,16H2,1H3,(H,27,30)/b24-15+. The predicted octanol–water partition coefficient (Wildman–Crippen LogP) is 5.39. The van der Waals surface area contributed by atoms with Gasteiger partial charge in [0.05, 0.1) is 6.54 Å². The number of aryl methyl sites for hydroxylation is 1. The SMILES string of the molecule is Cc1ccc(CN2C(=O)N/C(=C/c3c4ccccc4cc4ccccc34)C2=O)cc1. The van der Waals surface area contributed by atoms with Crippen LogP contribution in [0.1, 0.15) is 16.7 Å². The molecule has 146 valence electrons. The zero-order valence-corrected chi connectivity index (χ0v) is 16.6. The second-order valence-corrected chi connectivity index (χ2v) is 7.60. The summed E-state index contributed by atoms with van der Waals surface area (Å²) in [5, 5.41) is 7.04. The minimum absolute atomic E-state index is 0.249. The summed E-state index contributed by atoms with van der Waals surface area (Å²) in [5.41, 5.74) is 3.29. The number of hydrogen-bond donors (Lipinski definition) is 1. The lowest BCUT2D eigenvalue weighted by Gasteiger charge is -2.12. The van der Waals surface area contributed by atoms with Crippen LogP contribution >= 0.6 is 0 Å². The van der Waals surface area contributed by atoms with Gasteiger partial charge in [-0.1, -0.05) is 78.4 Å². The largest absolute Gasteiger partial charge is 0.329 e. The number of urea groups is 1. The van der Waals surface area contributed by atoms with Gasteiger partial charge in [0.25, 0.3) is 5.91 Å². The molecule has 1 aliphatic rings. The summed E-state index contributed by atoms with van der Waals surface area (Å²) in [6, 6.07) is 25.8. The molecule has 1 fully saturated rings. The fraction of sp³-hybridized carbons (Fsp3) is 0.0769. The van der Waals surface area contributed by atoms with E-state index in [2.05, 4.69) is 23.5 Å². The Hall–Kier alpha value is -3.92. The molecule has 30 heavy (non-hydrogen) atoms. The molecule has 1 heterocycles. The van der Waals surface area contributed by atoms with Crippen molar-refractivity contribution < 1.29 is 9.59 Å². The molecule has 0 spiro atoms. The number of imide groups is 1. The van der Waals surface area contributed by atoms with E-state index >= 15 is 0 Å². The lowest BCUT2D eigenvalue weighted by Crippen LogP contribution is -2.30. The van der Waals surface area contributed by atoms with Crippen LogP contribution in [0.5, 0.6) is 0 Å². The molecule has 4 aromatic rings. The summed E-state index contributed by atoms with van der Waals surface area (Å²) in [7, 11) is 0. The number of amides is 3. The third-order valence-corrected chi connectivity index (χ3v) is 5.53. The fourth-order valence-corrected chi connectivity index (χ4v) is 3.94. The van der Waals surface area contributed by atoms with Crippen LogP contribution in [0.3, 0.4) is 0 Å². The van der Waals surface area contributed by atoms with E-state index < -0.39 is 6.03 Å². The van der Waals surface area contributed by atoms with Crippen LogP contribution in [0.4, 0.5) is 4.79 Å². The van der Waals surface area contributed by atoms with Gasteiger partial charge in [0.15, 0.2) is 0 Å². The van der Waals surface area contributed by atoms with E-state index in [-0.39, 0.29) is 12.5 Å².